The second kappa shape index (κ2) is 13.5. The van der Waals surface area contributed by atoms with Gasteiger partial charge in [0.15, 0.2) is 0 Å². The molecule has 184 valence electrons. The number of aliphatic hydroxyl groups excluding tert-OH is 1. The number of aliphatic hydroxyl groups is 1. The van der Waals surface area contributed by atoms with Crippen molar-refractivity contribution < 1.29 is 24.1 Å². The van der Waals surface area contributed by atoms with Gasteiger partial charge < -0.3 is 24.2 Å². The van der Waals surface area contributed by atoms with E-state index in [9.17, 15) is 9.90 Å². The van der Waals surface area contributed by atoms with Crippen molar-refractivity contribution in [3.63, 3.8) is 0 Å². The Balaban J connectivity index is 1.67. The molecular formula is C26H34N2O5S. The molecule has 2 atom stereocenters. The fourth-order valence-electron chi connectivity index (χ4n) is 4.03. The van der Waals surface area contributed by atoms with Gasteiger partial charge in [-0.15, -0.1) is 17.8 Å². The number of carbonyl (C=O) groups excluding carboxylic acids is 1. The Morgan fingerprint density at radius 1 is 1.35 bits per heavy atom. The predicted molar refractivity (Wildman–Crippen MR) is 133 cm³/mol. The topological polar surface area (TPSA) is 71.5 Å². The van der Waals surface area contributed by atoms with Crippen molar-refractivity contribution in [3.8, 4) is 18.1 Å². The maximum absolute atomic E-state index is 13.5. The summed E-state index contributed by atoms with van der Waals surface area (Å²) in [6, 6.07) is 9.88. The summed E-state index contributed by atoms with van der Waals surface area (Å²) < 4.78 is 16.6. The van der Waals surface area contributed by atoms with Gasteiger partial charge in [0.2, 0.25) is 5.91 Å². The number of fused-ring (bicyclic) bond motifs is 1. The van der Waals surface area contributed by atoms with Gasteiger partial charge in [-0.3, -0.25) is 9.69 Å². The van der Waals surface area contributed by atoms with E-state index in [0.717, 1.165) is 17.7 Å². The van der Waals surface area contributed by atoms with E-state index in [1.54, 1.807) is 18.4 Å². The number of aryl methyl sites for hydroxylation is 1. The molecule has 2 heterocycles. The summed E-state index contributed by atoms with van der Waals surface area (Å²) >= 11 is 1.73. The van der Waals surface area contributed by atoms with E-state index < -0.39 is 6.10 Å². The molecular weight excluding hydrogens is 452 g/mol. The summed E-state index contributed by atoms with van der Waals surface area (Å²) in [4.78, 5) is 18.6. The molecule has 2 aromatic rings. The summed E-state index contributed by atoms with van der Waals surface area (Å²) in [5, 5.41) is 12.4. The van der Waals surface area contributed by atoms with E-state index in [0.29, 0.717) is 32.8 Å². The third-order valence-electron chi connectivity index (χ3n) is 5.78. The van der Waals surface area contributed by atoms with Crippen molar-refractivity contribution in [1.29, 1.82) is 0 Å². The van der Waals surface area contributed by atoms with Crippen LogP contribution in [0, 0.1) is 19.3 Å². The lowest BCUT2D eigenvalue weighted by molar-refractivity contribution is -0.136. The molecule has 1 aromatic carbocycles. The maximum atomic E-state index is 13.5. The minimum atomic E-state index is -0.747. The van der Waals surface area contributed by atoms with Gasteiger partial charge in [-0.25, -0.2) is 0 Å². The van der Waals surface area contributed by atoms with E-state index in [2.05, 4.69) is 17.4 Å². The van der Waals surface area contributed by atoms with E-state index in [4.69, 9.17) is 20.6 Å². The third-order valence-corrected chi connectivity index (χ3v) is 6.78. The molecule has 0 radical (unpaired) electrons. The first-order valence-corrected chi connectivity index (χ1v) is 12.4. The highest BCUT2D eigenvalue weighted by Gasteiger charge is 2.33. The van der Waals surface area contributed by atoms with Gasteiger partial charge in [0, 0.05) is 31.6 Å². The van der Waals surface area contributed by atoms with Crippen molar-refractivity contribution in [2.45, 2.75) is 25.5 Å². The molecule has 1 amide bonds. The zero-order valence-electron chi connectivity index (χ0n) is 19.9. The Bertz CT molecular complexity index is 939. The Morgan fingerprint density at radius 2 is 2.15 bits per heavy atom. The van der Waals surface area contributed by atoms with Gasteiger partial charge in [-0.2, -0.15) is 0 Å². The molecule has 1 aliphatic heterocycles. The van der Waals surface area contributed by atoms with Crippen LogP contribution >= 0.6 is 11.3 Å². The molecule has 1 aromatic heterocycles. The first kappa shape index (κ1) is 26.2. The highest BCUT2D eigenvalue weighted by atomic mass is 32.1. The molecule has 7 nitrogen and oxygen atoms in total. The number of methoxy groups -OCH3 is 1. The normalized spacial score (nSPS) is 16.2. The first-order valence-electron chi connectivity index (χ1n) is 11.5. The smallest absolute Gasteiger partial charge is 0.237 e. The van der Waals surface area contributed by atoms with Crippen LogP contribution in [0.1, 0.15) is 22.0 Å². The van der Waals surface area contributed by atoms with Crippen molar-refractivity contribution in [2.75, 3.05) is 59.7 Å². The predicted octanol–water partition coefficient (Wildman–Crippen LogP) is 2.52. The standard InChI is InChI=1S/C26H34N2O5S/c1-4-13-32-18-21(29)16-27(12-14-31-3)17-26(30)28-11-9-25-23(10-15-34-25)24(28)19-33-22-7-5-20(2)6-8-22/h1,5-8,10,15,21,24,29H,9,11-14,16-19H2,2-3H3/t21-,24-/m0/s1. The van der Waals surface area contributed by atoms with Crippen LogP contribution in [0.5, 0.6) is 5.75 Å². The molecule has 1 aliphatic rings. The third kappa shape index (κ3) is 7.55. The van der Waals surface area contributed by atoms with Crippen LogP contribution < -0.4 is 4.74 Å². The van der Waals surface area contributed by atoms with Crippen molar-refractivity contribution >= 4 is 17.2 Å². The molecule has 0 fully saturated rings. The minimum absolute atomic E-state index is 0.00204. The molecule has 0 saturated carbocycles. The number of amides is 1. The Morgan fingerprint density at radius 3 is 2.88 bits per heavy atom. The number of hydrogen-bond donors (Lipinski definition) is 1. The van der Waals surface area contributed by atoms with Crippen LogP contribution in [0.2, 0.25) is 0 Å². The molecule has 0 unspecified atom stereocenters. The van der Waals surface area contributed by atoms with E-state index in [-0.39, 0.29) is 31.7 Å². The second-order valence-electron chi connectivity index (χ2n) is 8.38. The molecule has 1 N–H and O–H groups in total. The zero-order chi connectivity index (χ0) is 24.3. The highest BCUT2D eigenvalue weighted by molar-refractivity contribution is 7.10. The highest BCUT2D eigenvalue weighted by Crippen LogP contribution is 2.34. The van der Waals surface area contributed by atoms with Crippen LogP contribution in [0.4, 0.5) is 0 Å². The average Bonchev–Trinajstić information content (AvgIpc) is 3.31. The molecule has 8 heteroatoms. The fraction of sp³-hybridized carbons (Fsp3) is 0.500. The van der Waals surface area contributed by atoms with Crippen LogP contribution in [-0.4, -0.2) is 86.6 Å². The number of nitrogens with zero attached hydrogens (tertiary/aromatic N) is 2. The average molecular weight is 487 g/mol. The Kier molecular flexibility index (Phi) is 10.4. The van der Waals surface area contributed by atoms with Crippen LogP contribution in [0.25, 0.3) is 0 Å². The van der Waals surface area contributed by atoms with Gasteiger partial charge in [-0.05, 0) is 42.5 Å². The second-order valence-corrected chi connectivity index (χ2v) is 9.38. The van der Waals surface area contributed by atoms with Crippen LogP contribution in [0.3, 0.4) is 0 Å². The number of thiophene rings is 1. The molecule has 0 bridgehead atoms. The van der Waals surface area contributed by atoms with Crippen molar-refractivity contribution in [3.05, 3.63) is 51.7 Å². The first-order chi connectivity index (χ1) is 16.5. The van der Waals surface area contributed by atoms with Gasteiger partial charge in [0.1, 0.15) is 19.0 Å². The quantitative estimate of drug-likeness (QED) is 0.347. The number of ether oxygens (including phenoxy) is 3. The summed E-state index contributed by atoms with van der Waals surface area (Å²) in [5.41, 5.74) is 2.33. The summed E-state index contributed by atoms with van der Waals surface area (Å²) in [5.74, 6) is 3.18. The molecule has 0 saturated heterocycles. The SMILES string of the molecule is C#CCOC[C@@H](O)CN(CCOC)CC(=O)N1CCc2sccc2[C@@H]1COc1ccc(C)cc1. The summed E-state index contributed by atoms with van der Waals surface area (Å²) in [6.45, 7) is 4.79. The zero-order valence-corrected chi connectivity index (χ0v) is 20.8. The minimum Gasteiger partial charge on any atom is -0.491 e. The van der Waals surface area contributed by atoms with Crippen LogP contribution in [0.15, 0.2) is 35.7 Å². The van der Waals surface area contributed by atoms with Gasteiger partial charge in [0.05, 0.1) is 31.9 Å². The molecule has 0 spiro atoms. The number of carbonyl (C=O) groups is 1. The van der Waals surface area contributed by atoms with E-state index in [1.807, 2.05) is 41.0 Å². The van der Waals surface area contributed by atoms with E-state index >= 15 is 0 Å². The Hall–Kier alpha value is -2.41. The molecule has 3 rings (SSSR count). The lowest BCUT2D eigenvalue weighted by Crippen LogP contribution is -2.48. The van der Waals surface area contributed by atoms with Crippen molar-refractivity contribution in [1.82, 2.24) is 9.80 Å². The fourth-order valence-corrected chi connectivity index (χ4v) is 4.95. The molecule has 34 heavy (non-hydrogen) atoms. The monoisotopic (exact) mass is 486 g/mol. The van der Waals surface area contributed by atoms with Gasteiger partial charge in [-0.1, -0.05) is 23.6 Å². The summed E-state index contributed by atoms with van der Waals surface area (Å²) in [6.07, 6.45) is 5.28. The van der Waals surface area contributed by atoms with Crippen LogP contribution in [-0.2, 0) is 20.7 Å². The summed E-state index contributed by atoms with van der Waals surface area (Å²) in [7, 11) is 1.62. The van der Waals surface area contributed by atoms with Gasteiger partial charge >= 0.3 is 0 Å². The Labute approximate surface area is 206 Å². The van der Waals surface area contributed by atoms with E-state index in [1.165, 1.54) is 10.4 Å². The van der Waals surface area contributed by atoms with Crippen molar-refractivity contribution in [2.24, 2.45) is 0 Å². The number of hydrogen-bond acceptors (Lipinski definition) is 7. The number of benzene rings is 1. The lowest BCUT2D eigenvalue weighted by Gasteiger charge is -2.37. The van der Waals surface area contributed by atoms with Gasteiger partial charge in [0.25, 0.3) is 0 Å². The largest absolute Gasteiger partial charge is 0.491 e. The molecule has 0 aliphatic carbocycles. The number of rotatable bonds is 13. The lowest BCUT2D eigenvalue weighted by atomic mass is 10.0. The number of terminal acetylenes is 1. The maximum Gasteiger partial charge on any atom is 0.237 e.